The van der Waals surface area contributed by atoms with Crippen molar-refractivity contribution in [3.63, 3.8) is 0 Å². The number of anilines is 2. The molecule has 1 aliphatic carbocycles. The lowest BCUT2D eigenvalue weighted by Crippen LogP contribution is -2.40. The van der Waals surface area contributed by atoms with Gasteiger partial charge in [-0.15, -0.1) is 0 Å². The van der Waals surface area contributed by atoms with E-state index in [4.69, 9.17) is 4.74 Å². The molecule has 0 radical (unpaired) electrons. The Morgan fingerprint density at radius 1 is 1.00 bits per heavy atom. The van der Waals surface area contributed by atoms with Gasteiger partial charge in [-0.05, 0) is 37.5 Å². The van der Waals surface area contributed by atoms with Gasteiger partial charge < -0.3 is 20.3 Å². The Morgan fingerprint density at radius 3 is 2.38 bits per heavy atom. The minimum Gasteiger partial charge on any atom is -0.378 e. The predicted molar refractivity (Wildman–Crippen MR) is 113 cm³/mol. The maximum absolute atomic E-state index is 13.0. The Balaban J connectivity index is 1.41. The predicted octanol–water partition coefficient (Wildman–Crippen LogP) is 2.87. The van der Waals surface area contributed by atoms with E-state index in [-0.39, 0.29) is 11.8 Å². The van der Waals surface area contributed by atoms with Gasteiger partial charge in [-0.1, -0.05) is 42.0 Å². The lowest BCUT2D eigenvalue weighted by Gasteiger charge is -2.30. The molecule has 2 N–H and O–H groups in total. The van der Waals surface area contributed by atoms with E-state index in [2.05, 4.69) is 15.5 Å². The number of benzene rings is 2. The maximum atomic E-state index is 13.0. The van der Waals surface area contributed by atoms with Gasteiger partial charge in [0.15, 0.2) is 0 Å². The van der Waals surface area contributed by atoms with Gasteiger partial charge in [-0.2, -0.15) is 0 Å². The van der Waals surface area contributed by atoms with E-state index in [1.165, 1.54) is 5.56 Å². The number of carbonyl (C=O) groups is 2. The number of nitrogens with one attached hydrogen (secondary N) is 2. The monoisotopic (exact) mass is 393 g/mol. The zero-order valence-corrected chi connectivity index (χ0v) is 16.7. The molecule has 4 rings (SSSR count). The second-order valence-electron chi connectivity index (χ2n) is 7.82. The van der Waals surface area contributed by atoms with Crippen LogP contribution in [0.3, 0.4) is 0 Å². The molecular weight excluding hydrogens is 366 g/mol. The summed E-state index contributed by atoms with van der Waals surface area (Å²) < 4.78 is 5.43. The van der Waals surface area contributed by atoms with E-state index in [1.54, 1.807) is 0 Å². The molecule has 2 fully saturated rings. The van der Waals surface area contributed by atoms with E-state index >= 15 is 0 Å². The van der Waals surface area contributed by atoms with Crippen LogP contribution in [0.25, 0.3) is 0 Å². The van der Waals surface area contributed by atoms with E-state index in [1.807, 2.05) is 55.5 Å². The van der Waals surface area contributed by atoms with Crippen LogP contribution in [0.1, 0.15) is 24.0 Å². The molecule has 1 aliphatic heterocycles. The minimum absolute atomic E-state index is 0.195. The van der Waals surface area contributed by atoms with Crippen LogP contribution >= 0.6 is 0 Å². The van der Waals surface area contributed by atoms with Crippen LogP contribution in [0.4, 0.5) is 11.4 Å². The van der Waals surface area contributed by atoms with Crippen molar-refractivity contribution in [2.75, 3.05) is 36.5 Å². The highest BCUT2D eigenvalue weighted by atomic mass is 16.5. The van der Waals surface area contributed by atoms with E-state index in [0.717, 1.165) is 30.0 Å². The van der Waals surface area contributed by atoms with Crippen LogP contribution in [0.15, 0.2) is 48.5 Å². The molecule has 2 aliphatic rings. The summed E-state index contributed by atoms with van der Waals surface area (Å²) in [5.74, 6) is -0.418. The van der Waals surface area contributed by atoms with Crippen LogP contribution in [-0.4, -0.2) is 38.1 Å². The van der Waals surface area contributed by atoms with Crippen LogP contribution in [-0.2, 0) is 20.9 Å². The van der Waals surface area contributed by atoms with Gasteiger partial charge >= 0.3 is 0 Å². The lowest BCUT2D eigenvalue weighted by molar-refractivity contribution is -0.134. The highest BCUT2D eigenvalue weighted by molar-refractivity contribution is 6.13. The Morgan fingerprint density at radius 2 is 1.69 bits per heavy atom. The summed E-state index contributed by atoms with van der Waals surface area (Å²) in [4.78, 5) is 28.0. The first kappa shape index (κ1) is 19.5. The number of ether oxygens (including phenoxy) is 1. The number of carbonyl (C=O) groups excluding carboxylic acids is 2. The van der Waals surface area contributed by atoms with Crippen LogP contribution in [0.5, 0.6) is 0 Å². The molecule has 29 heavy (non-hydrogen) atoms. The maximum Gasteiger partial charge on any atom is 0.240 e. The second-order valence-corrected chi connectivity index (χ2v) is 7.82. The van der Waals surface area contributed by atoms with Crippen LogP contribution in [0.2, 0.25) is 0 Å². The fraction of sp³-hybridized carbons (Fsp3) is 0.391. The molecule has 2 amide bonds. The van der Waals surface area contributed by atoms with E-state index < -0.39 is 5.41 Å². The van der Waals surface area contributed by atoms with Crippen molar-refractivity contribution in [3.8, 4) is 0 Å². The van der Waals surface area contributed by atoms with Crippen molar-refractivity contribution in [3.05, 3.63) is 59.7 Å². The first-order chi connectivity index (χ1) is 14.1. The summed E-state index contributed by atoms with van der Waals surface area (Å²) in [5.41, 5.74) is 2.97. The molecule has 6 heteroatoms. The van der Waals surface area contributed by atoms with Gasteiger partial charge in [-0.3, -0.25) is 9.59 Å². The highest BCUT2D eigenvalue weighted by Crippen LogP contribution is 2.47. The molecule has 1 saturated carbocycles. The summed E-state index contributed by atoms with van der Waals surface area (Å²) in [6.45, 7) is 5.38. The first-order valence-electron chi connectivity index (χ1n) is 10.2. The number of nitrogens with zero attached hydrogens (tertiary/aromatic N) is 1. The third-order valence-corrected chi connectivity index (χ3v) is 5.70. The average Bonchev–Trinajstić information content (AvgIpc) is 3.56. The van der Waals surface area contributed by atoms with Gasteiger partial charge in [0.05, 0.1) is 24.6 Å². The van der Waals surface area contributed by atoms with Gasteiger partial charge in [0.25, 0.3) is 0 Å². The topological polar surface area (TPSA) is 70.7 Å². The van der Waals surface area contributed by atoms with Gasteiger partial charge in [0.2, 0.25) is 11.8 Å². The number of amides is 2. The van der Waals surface area contributed by atoms with E-state index in [0.29, 0.717) is 32.6 Å². The number of hydrogen-bond donors (Lipinski definition) is 2. The minimum atomic E-state index is -0.956. The first-order valence-corrected chi connectivity index (χ1v) is 10.2. The summed E-state index contributed by atoms with van der Waals surface area (Å²) in [6.07, 6.45) is 1.16. The van der Waals surface area contributed by atoms with Crippen molar-refractivity contribution >= 4 is 23.2 Å². The number of rotatable bonds is 6. The molecular formula is C23H27N3O3. The largest absolute Gasteiger partial charge is 0.378 e. The Labute approximate surface area is 171 Å². The second kappa shape index (κ2) is 8.25. The third-order valence-electron chi connectivity index (χ3n) is 5.70. The molecule has 0 spiro atoms. The normalized spacial score (nSPS) is 17.5. The Hall–Kier alpha value is -2.86. The SMILES string of the molecule is Cc1ccc(CNC(=O)C2(C(=O)Nc3ccccc3N3CCOCC3)CC2)cc1. The third kappa shape index (κ3) is 4.27. The van der Waals surface area contributed by atoms with E-state index in [9.17, 15) is 9.59 Å². The summed E-state index contributed by atoms with van der Waals surface area (Å²) in [7, 11) is 0. The molecule has 2 aromatic carbocycles. The molecule has 0 aromatic heterocycles. The number of hydrogen-bond acceptors (Lipinski definition) is 4. The van der Waals surface area contributed by atoms with Crippen molar-refractivity contribution in [2.45, 2.75) is 26.3 Å². The number of morpholine rings is 1. The fourth-order valence-electron chi connectivity index (χ4n) is 3.64. The number of para-hydroxylation sites is 2. The molecule has 0 unspecified atom stereocenters. The molecule has 1 heterocycles. The molecule has 0 atom stereocenters. The summed E-state index contributed by atoms with van der Waals surface area (Å²) in [6, 6.07) is 15.8. The zero-order valence-electron chi connectivity index (χ0n) is 16.7. The number of aryl methyl sites for hydroxylation is 1. The molecule has 152 valence electrons. The van der Waals surface area contributed by atoms with Gasteiger partial charge in [-0.25, -0.2) is 0 Å². The van der Waals surface area contributed by atoms with Gasteiger partial charge in [0.1, 0.15) is 5.41 Å². The quantitative estimate of drug-likeness (QED) is 0.741. The summed E-state index contributed by atoms with van der Waals surface area (Å²) >= 11 is 0. The lowest BCUT2D eigenvalue weighted by atomic mass is 10.0. The molecule has 0 bridgehead atoms. The molecule has 1 saturated heterocycles. The van der Waals surface area contributed by atoms with Crippen LogP contribution < -0.4 is 15.5 Å². The zero-order chi connectivity index (χ0) is 20.3. The van der Waals surface area contributed by atoms with Crippen molar-refractivity contribution in [2.24, 2.45) is 5.41 Å². The smallest absolute Gasteiger partial charge is 0.240 e. The van der Waals surface area contributed by atoms with Crippen LogP contribution in [0, 0.1) is 12.3 Å². The highest BCUT2D eigenvalue weighted by Gasteiger charge is 2.56. The standard InChI is InChI=1S/C23H27N3O3/c1-17-6-8-18(9-7-17)16-24-21(27)23(10-11-23)22(28)25-19-4-2-3-5-20(19)26-12-14-29-15-13-26/h2-9H,10-16H2,1H3,(H,24,27)(H,25,28). The van der Waals surface area contributed by atoms with Crippen molar-refractivity contribution in [1.82, 2.24) is 5.32 Å². The Bertz CT molecular complexity index is 884. The summed E-state index contributed by atoms with van der Waals surface area (Å²) in [5, 5.41) is 5.95. The fourth-order valence-corrected chi connectivity index (χ4v) is 3.64. The average molecular weight is 393 g/mol. The van der Waals surface area contributed by atoms with Crippen molar-refractivity contribution in [1.29, 1.82) is 0 Å². The molecule has 6 nitrogen and oxygen atoms in total. The molecule has 2 aromatic rings. The van der Waals surface area contributed by atoms with Crippen molar-refractivity contribution < 1.29 is 14.3 Å². The Kier molecular flexibility index (Phi) is 5.53. The van der Waals surface area contributed by atoms with Gasteiger partial charge in [0, 0.05) is 19.6 Å².